The minimum atomic E-state index is -0.907. The Morgan fingerprint density at radius 2 is 2.12 bits per heavy atom. The molecule has 0 radical (unpaired) electrons. The number of ether oxygens (including phenoxy) is 1. The second-order valence-corrected chi connectivity index (χ2v) is 3.38. The Bertz CT molecular complexity index is 343. The second kappa shape index (κ2) is 6.80. The lowest BCUT2D eigenvalue weighted by Crippen LogP contribution is -2.22. The van der Waals surface area contributed by atoms with Gasteiger partial charge in [-0.3, -0.25) is 0 Å². The summed E-state index contributed by atoms with van der Waals surface area (Å²) in [5, 5.41) is 8.74. The third-order valence-electron chi connectivity index (χ3n) is 2.15. The van der Waals surface area contributed by atoms with Crippen molar-refractivity contribution in [3.63, 3.8) is 0 Å². The molecule has 0 aromatic heterocycles. The molecule has 0 saturated carbocycles. The van der Waals surface area contributed by atoms with Crippen molar-refractivity contribution in [3.8, 4) is 0 Å². The Morgan fingerprint density at radius 1 is 1.44 bits per heavy atom. The van der Waals surface area contributed by atoms with Gasteiger partial charge in [0.15, 0.2) is 6.10 Å². The molecule has 0 saturated heterocycles. The molecule has 0 aliphatic heterocycles. The van der Waals surface area contributed by atoms with Crippen LogP contribution in [0.5, 0.6) is 0 Å². The molecule has 1 rings (SSSR count). The Balaban J connectivity index is 2.35. The molecule has 86 valence electrons. The minimum Gasteiger partial charge on any atom is -0.479 e. The quantitative estimate of drug-likeness (QED) is 0.801. The number of hydrogen-bond acceptors (Lipinski definition) is 2. The van der Waals surface area contributed by atoms with Gasteiger partial charge in [-0.1, -0.05) is 49.4 Å². The lowest BCUT2D eigenvalue weighted by atomic mass is 10.2. The summed E-state index contributed by atoms with van der Waals surface area (Å²) in [4.78, 5) is 10.6. The summed E-state index contributed by atoms with van der Waals surface area (Å²) in [5.41, 5.74) is 1.08. The zero-order chi connectivity index (χ0) is 11.8. The summed E-state index contributed by atoms with van der Waals surface area (Å²) >= 11 is 0. The van der Waals surface area contributed by atoms with Crippen LogP contribution < -0.4 is 0 Å². The van der Waals surface area contributed by atoms with E-state index < -0.39 is 12.1 Å². The zero-order valence-corrected chi connectivity index (χ0v) is 9.30. The topological polar surface area (TPSA) is 46.5 Å². The van der Waals surface area contributed by atoms with E-state index in [1.807, 2.05) is 42.5 Å². The van der Waals surface area contributed by atoms with Crippen LogP contribution in [0.25, 0.3) is 6.08 Å². The number of aliphatic carboxylic acids is 1. The van der Waals surface area contributed by atoms with E-state index in [-0.39, 0.29) is 0 Å². The van der Waals surface area contributed by atoms with E-state index >= 15 is 0 Å². The molecule has 0 aliphatic carbocycles. The highest BCUT2D eigenvalue weighted by Gasteiger charge is 2.13. The van der Waals surface area contributed by atoms with Crippen molar-refractivity contribution in [2.75, 3.05) is 6.61 Å². The van der Waals surface area contributed by atoms with Gasteiger partial charge in [0.1, 0.15) is 0 Å². The number of rotatable bonds is 6. The SMILES string of the molecule is CCC(OCC=Cc1ccccc1)C(=O)O. The number of benzene rings is 1. The molecule has 0 amide bonds. The van der Waals surface area contributed by atoms with Gasteiger partial charge in [0.05, 0.1) is 6.61 Å². The van der Waals surface area contributed by atoms with Gasteiger partial charge in [-0.2, -0.15) is 0 Å². The van der Waals surface area contributed by atoms with Crippen molar-refractivity contribution in [2.45, 2.75) is 19.4 Å². The highest BCUT2D eigenvalue weighted by molar-refractivity contribution is 5.72. The van der Waals surface area contributed by atoms with E-state index in [1.54, 1.807) is 6.92 Å². The Kier molecular flexibility index (Phi) is 5.29. The standard InChI is InChI=1S/C13H16O3/c1-2-12(13(14)15)16-10-6-9-11-7-4-3-5-8-11/h3-9,12H,2,10H2,1H3,(H,14,15). The molecule has 1 aromatic rings. The fraction of sp³-hybridized carbons (Fsp3) is 0.308. The molecule has 1 atom stereocenters. The van der Waals surface area contributed by atoms with E-state index in [4.69, 9.17) is 9.84 Å². The average Bonchev–Trinajstić information content (AvgIpc) is 2.30. The summed E-state index contributed by atoms with van der Waals surface area (Å²) in [7, 11) is 0. The first-order valence-electron chi connectivity index (χ1n) is 5.30. The molecule has 1 aromatic carbocycles. The van der Waals surface area contributed by atoms with Crippen molar-refractivity contribution in [1.29, 1.82) is 0 Å². The molecule has 0 heterocycles. The lowest BCUT2D eigenvalue weighted by molar-refractivity contribution is -0.149. The number of carbonyl (C=O) groups is 1. The van der Waals surface area contributed by atoms with Crippen LogP contribution in [0, 0.1) is 0 Å². The molecule has 16 heavy (non-hydrogen) atoms. The maximum atomic E-state index is 10.6. The van der Waals surface area contributed by atoms with Gasteiger partial charge in [0.25, 0.3) is 0 Å². The Morgan fingerprint density at radius 3 is 2.69 bits per heavy atom. The fourth-order valence-corrected chi connectivity index (χ4v) is 1.28. The minimum absolute atomic E-state index is 0.319. The van der Waals surface area contributed by atoms with Crippen molar-refractivity contribution >= 4 is 12.0 Å². The molecular formula is C13H16O3. The van der Waals surface area contributed by atoms with E-state index in [9.17, 15) is 4.79 Å². The van der Waals surface area contributed by atoms with Crippen molar-refractivity contribution < 1.29 is 14.6 Å². The zero-order valence-electron chi connectivity index (χ0n) is 9.30. The molecule has 0 spiro atoms. The van der Waals surface area contributed by atoms with Crippen LogP contribution in [0.1, 0.15) is 18.9 Å². The summed E-state index contributed by atoms with van der Waals surface area (Å²) in [5.74, 6) is -0.907. The highest BCUT2D eigenvalue weighted by atomic mass is 16.5. The fourth-order valence-electron chi connectivity index (χ4n) is 1.28. The van der Waals surface area contributed by atoms with E-state index in [2.05, 4.69) is 0 Å². The largest absolute Gasteiger partial charge is 0.479 e. The third kappa shape index (κ3) is 4.28. The van der Waals surface area contributed by atoms with Gasteiger partial charge in [0, 0.05) is 0 Å². The van der Waals surface area contributed by atoms with E-state index in [0.29, 0.717) is 13.0 Å². The maximum Gasteiger partial charge on any atom is 0.332 e. The van der Waals surface area contributed by atoms with Crippen LogP contribution >= 0.6 is 0 Å². The molecule has 3 heteroatoms. The van der Waals surface area contributed by atoms with Crippen LogP contribution in [0.2, 0.25) is 0 Å². The predicted molar refractivity (Wildman–Crippen MR) is 63.1 cm³/mol. The van der Waals surface area contributed by atoms with Crippen LogP contribution in [-0.4, -0.2) is 23.8 Å². The van der Waals surface area contributed by atoms with Gasteiger partial charge in [-0.15, -0.1) is 0 Å². The van der Waals surface area contributed by atoms with Gasteiger partial charge in [-0.25, -0.2) is 4.79 Å². The van der Waals surface area contributed by atoms with Crippen molar-refractivity contribution in [3.05, 3.63) is 42.0 Å². The number of carboxylic acid groups (broad SMARTS) is 1. The lowest BCUT2D eigenvalue weighted by Gasteiger charge is -2.08. The monoisotopic (exact) mass is 220 g/mol. The van der Waals surface area contributed by atoms with Crippen LogP contribution in [-0.2, 0) is 9.53 Å². The summed E-state index contributed by atoms with van der Waals surface area (Å²) in [6.07, 6.45) is 3.50. The smallest absolute Gasteiger partial charge is 0.332 e. The molecule has 0 aliphatic rings. The maximum absolute atomic E-state index is 10.6. The average molecular weight is 220 g/mol. The van der Waals surface area contributed by atoms with Gasteiger partial charge >= 0.3 is 5.97 Å². The first kappa shape index (κ1) is 12.5. The third-order valence-corrected chi connectivity index (χ3v) is 2.15. The Hall–Kier alpha value is -1.61. The van der Waals surface area contributed by atoms with Gasteiger partial charge in [0.2, 0.25) is 0 Å². The molecular weight excluding hydrogens is 204 g/mol. The van der Waals surface area contributed by atoms with Gasteiger partial charge < -0.3 is 9.84 Å². The summed E-state index contributed by atoms with van der Waals surface area (Å²) in [6, 6.07) is 9.81. The van der Waals surface area contributed by atoms with Crippen LogP contribution in [0.3, 0.4) is 0 Å². The molecule has 0 fully saturated rings. The van der Waals surface area contributed by atoms with Crippen LogP contribution in [0.4, 0.5) is 0 Å². The summed E-state index contributed by atoms with van der Waals surface area (Å²) < 4.78 is 5.19. The normalized spacial score (nSPS) is 12.8. The molecule has 0 bridgehead atoms. The van der Waals surface area contributed by atoms with E-state index in [0.717, 1.165) is 5.56 Å². The predicted octanol–water partition coefficient (Wildman–Crippen LogP) is 2.58. The second-order valence-electron chi connectivity index (χ2n) is 3.38. The number of hydrogen-bond donors (Lipinski definition) is 1. The first-order chi connectivity index (χ1) is 7.74. The van der Waals surface area contributed by atoms with E-state index in [1.165, 1.54) is 0 Å². The van der Waals surface area contributed by atoms with Crippen LogP contribution in [0.15, 0.2) is 36.4 Å². The van der Waals surface area contributed by atoms with Gasteiger partial charge in [-0.05, 0) is 12.0 Å². The molecule has 1 unspecified atom stereocenters. The highest BCUT2D eigenvalue weighted by Crippen LogP contribution is 2.02. The van der Waals surface area contributed by atoms with Crippen molar-refractivity contribution in [2.24, 2.45) is 0 Å². The molecule has 3 nitrogen and oxygen atoms in total. The van der Waals surface area contributed by atoms with Crippen molar-refractivity contribution in [1.82, 2.24) is 0 Å². The number of carboxylic acids is 1. The first-order valence-corrected chi connectivity index (χ1v) is 5.30. The summed E-state index contributed by atoms with van der Waals surface area (Å²) in [6.45, 7) is 2.11. The Labute approximate surface area is 95.4 Å². The molecule has 1 N–H and O–H groups in total.